The van der Waals surface area contributed by atoms with E-state index in [0.717, 1.165) is 6.54 Å². The Bertz CT molecular complexity index is 492. The van der Waals surface area contributed by atoms with Gasteiger partial charge in [0.2, 0.25) is 0 Å². The maximum absolute atomic E-state index is 12.7. The van der Waals surface area contributed by atoms with E-state index in [1.165, 1.54) is 0 Å². The summed E-state index contributed by atoms with van der Waals surface area (Å²) in [6, 6.07) is 0. The lowest BCUT2D eigenvalue weighted by molar-refractivity contribution is 0.0740. The fourth-order valence-corrected chi connectivity index (χ4v) is 2.12. The number of anilines is 1. The highest BCUT2D eigenvalue weighted by Gasteiger charge is 2.23. The highest BCUT2D eigenvalue weighted by atomic mass is 16.2. The maximum Gasteiger partial charge on any atom is 0.274 e. The van der Waals surface area contributed by atoms with Gasteiger partial charge in [0.15, 0.2) is 5.69 Å². The molecule has 0 saturated heterocycles. The molecule has 0 atom stereocenters. The second kappa shape index (κ2) is 6.87. The van der Waals surface area contributed by atoms with E-state index in [-0.39, 0.29) is 17.2 Å². The Morgan fingerprint density at radius 1 is 1.38 bits per heavy atom. The standard InChI is InChI=1S/C16H28N4O/c1-8-17-12-9-18-14(11(2)3)19-13(12)15(21)20(7)10-16(4,5)6/h9,11,17H,8,10H2,1-7H3. The molecule has 1 amide bonds. The number of carbonyl (C=O) groups excluding carboxylic acids is 1. The molecule has 118 valence electrons. The number of hydrogen-bond donors (Lipinski definition) is 1. The van der Waals surface area contributed by atoms with Gasteiger partial charge in [-0.2, -0.15) is 0 Å². The summed E-state index contributed by atoms with van der Waals surface area (Å²) in [5.74, 6) is 0.828. The van der Waals surface area contributed by atoms with Crippen molar-refractivity contribution in [2.24, 2.45) is 5.41 Å². The van der Waals surface area contributed by atoms with Gasteiger partial charge in [0, 0.05) is 26.1 Å². The number of nitrogens with one attached hydrogen (secondary N) is 1. The Morgan fingerprint density at radius 3 is 2.48 bits per heavy atom. The van der Waals surface area contributed by atoms with Gasteiger partial charge in [-0.15, -0.1) is 0 Å². The molecule has 1 aromatic heterocycles. The first-order valence-electron chi connectivity index (χ1n) is 7.52. The Balaban J connectivity index is 3.12. The molecule has 0 unspecified atom stereocenters. The van der Waals surface area contributed by atoms with Crippen LogP contribution in [-0.2, 0) is 0 Å². The summed E-state index contributed by atoms with van der Waals surface area (Å²) in [6.07, 6.45) is 1.71. The van der Waals surface area contributed by atoms with Crippen molar-refractivity contribution in [2.75, 3.05) is 25.5 Å². The summed E-state index contributed by atoms with van der Waals surface area (Å²) in [4.78, 5) is 23.2. The van der Waals surface area contributed by atoms with E-state index in [4.69, 9.17) is 0 Å². The van der Waals surface area contributed by atoms with Gasteiger partial charge in [-0.3, -0.25) is 4.79 Å². The van der Waals surface area contributed by atoms with Gasteiger partial charge >= 0.3 is 0 Å². The first kappa shape index (κ1) is 17.4. The van der Waals surface area contributed by atoms with Crippen molar-refractivity contribution in [1.29, 1.82) is 0 Å². The van der Waals surface area contributed by atoms with Gasteiger partial charge in [-0.1, -0.05) is 34.6 Å². The predicted molar refractivity (Wildman–Crippen MR) is 86.7 cm³/mol. The highest BCUT2D eigenvalue weighted by molar-refractivity contribution is 5.97. The molecule has 0 saturated carbocycles. The normalized spacial score (nSPS) is 11.6. The van der Waals surface area contributed by atoms with Crippen LogP contribution >= 0.6 is 0 Å². The molecule has 0 aliphatic heterocycles. The molecule has 0 aliphatic rings. The van der Waals surface area contributed by atoms with Crippen LogP contribution in [-0.4, -0.2) is 40.9 Å². The van der Waals surface area contributed by atoms with E-state index >= 15 is 0 Å². The molecule has 0 spiro atoms. The lowest BCUT2D eigenvalue weighted by Crippen LogP contribution is -2.35. The van der Waals surface area contributed by atoms with Crippen molar-refractivity contribution in [3.8, 4) is 0 Å². The van der Waals surface area contributed by atoms with Crippen LogP contribution in [0.3, 0.4) is 0 Å². The van der Waals surface area contributed by atoms with Crippen LogP contribution < -0.4 is 5.32 Å². The van der Waals surface area contributed by atoms with Crippen LogP contribution in [0.15, 0.2) is 6.20 Å². The minimum Gasteiger partial charge on any atom is -0.382 e. The topological polar surface area (TPSA) is 58.1 Å². The van der Waals surface area contributed by atoms with E-state index in [2.05, 4.69) is 36.1 Å². The van der Waals surface area contributed by atoms with Crippen molar-refractivity contribution in [3.63, 3.8) is 0 Å². The quantitative estimate of drug-likeness (QED) is 0.905. The predicted octanol–water partition coefficient (Wildman–Crippen LogP) is 3.15. The molecule has 1 N–H and O–H groups in total. The molecular formula is C16H28N4O. The third kappa shape index (κ3) is 4.99. The summed E-state index contributed by atoms with van der Waals surface area (Å²) < 4.78 is 0. The van der Waals surface area contributed by atoms with Gasteiger partial charge in [0.05, 0.1) is 11.9 Å². The monoisotopic (exact) mass is 292 g/mol. The molecule has 1 heterocycles. The number of nitrogens with zero attached hydrogens (tertiary/aromatic N) is 3. The van der Waals surface area contributed by atoms with E-state index in [1.807, 2.05) is 27.8 Å². The summed E-state index contributed by atoms with van der Waals surface area (Å²) in [6.45, 7) is 13.8. The summed E-state index contributed by atoms with van der Waals surface area (Å²) in [7, 11) is 1.82. The Kier molecular flexibility index (Phi) is 5.70. The van der Waals surface area contributed by atoms with Crippen LogP contribution in [0.1, 0.15) is 63.8 Å². The Labute approximate surface area is 128 Å². The average molecular weight is 292 g/mol. The summed E-state index contributed by atoms with van der Waals surface area (Å²) in [5.41, 5.74) is 1.21. The number of aromatic nitrogens is 2. The average Bonchev–Trinajstić information content (AvgIpc) is 2.36. The zero-order valence-electron chi connectivity index (χ0n) is 14.3. The highest BCUT2D eigenvalue weighted by Crippen LogP contribution is 2.20. The van der Waals surface area contributed by atoms with Crippen LogP contribution in [0.25, 0.3) is 0 Å². The summed E-state index contributed by atoms with van der Waals surface area (Å²) >= 11 is 0. The van der Waals surface area contributed by atoms with E-state index in [9.17, 15) is 4.79 Å². The van der Waals surface area contributed by atoms with E-state index < -0.39 is 0 Å². The SMILES string of the molecule is CCNc1cnc(C(C)C)nc1C(=O)N(C)CC(C)(C)C. The number of amides is 1. The molecule has 5 heteroatoms. The van der Waals surface area contributed by atoms with Crippen molar-refractivity contribution in [3.05, 3.63) is 17.7 Å². The van der Waals surface area contributed by atoms with Gasteiger partial charge < -0.3 is 10.2 Å². The largest absolute Gasteiger partial charge is 0.382 e. The molecule has 0 aliphatic carbocycles. The third-order valence-corrected chi connectivity index (χ3v) is 2.95. The molecule has 1 aromatic rings. The number of carbonyl (C=O) groups is 1. The van der Waals surface area contributed by atoms with E-state index in [0.29, 0.717) is 23.8 Å². The minimum absolute atomic E-state index is 0.0522. The van der Waals surface area contributed by atoms with Gasteiger partial charge in [0.25, 0.3) is 5.91 Å². The molecule has 0 radical (unpaired) electrons. The smallest absolute Gasteiger partial charge is 0.274 e. The van der Waals surface area contributed by atoms with Crippen LogP contribution in [0.2, 0.25) is 0 Å². The van der Waals surface area contributed by atoms with Crippen molar-refractivity contribution in [2.45, 2.75) is 47.5 Å². The number of rotatable bonds is 5. The van der Waals surface area contributed by atoms with Crippen LogP contribution in [0.4, 0.5) is 5.69 Å². The Hall–Kier alpha value is -1.65. The lowest BCUT2D eigenvalue weighted by atomic mass is 9.96. The fourth-order valence-electron chi connectivity index (χ4n) is 2.12. The molecule has 1 rings (SSSR count). The zero-order valence-corrected chi connectivity index (χ0v) is 14.3. The van der Waals surface area contributed by atoms with Crippen LogP contribution in [0, 0.1) is 5.41 Å². The number of hydrogen-bond acceptors (Lipinski definition) is 4. The van der Waals surface area contributed by atoms with Gasteiger partial charge in [-0.25, -0.2) is 9.97 Å². The van der Waals surface area contributed by atoms with Crippen molar-refractivity contribution < 1.29 is 4.79 Å². The second-order valence-electron chi connectivity index (χ2n) is 6.90. The molecule has 0 fully saturated rings. The molecule has 0 bridgehead atoms. The van der Waals surface area contributed by atoms with Crippen molar-refractivity contribution >= 4 is 11.6 Å². The zero-order chi connectivity index (χ0) is 16.2. The minimum atomic E-state index is -0.0647. The maximum atomic E-state index is 12.7. The molecule has 21 heavy (non-hydrogen) atoms. The lowest BCUT2D eigenvalue weighted by Gasteiger charge is -2.27. The molecule has 5 nitrogen and oxygen atoms in total. The van der Waals surface area contributed by atoms with Crippen molar-refractivity contribution in [1.82, 2.24) is 14.9 Å². The van der Waals surface area contributed by atoms with Gasteiger partial charge in [-0.05, 0) is 12.3 Å². The third-order valence-electron chi connectivity index (χ3n) is 2.95. The first-order valence-corrected chi connectivity index (χ1v) is 7.52. The van der Waals surface area contributed by atoms with Gasteiger partial charge in [0.1, 0.15) is 5.82 Å². The Morgan fingerprint density at radius 2 is 2.00 bits per heavy atom. The summed E-state index contributed by atoms with van der Waals surface area (Å²) in [5, 5.41) is 3.17. The second-order valence-corrected chi connectivity index (χ2v) is 6.90. The first-order chi connectivity index (χ1) is 9.65. The molecular weight excluding hydrogens is 264 g/mol. The van der Waals surface area contributed by atoms with Crippen LogP contribution in [0.5, 0.6) is 0 Å². The molecule has 0 aromatic carbocycles. The van der Waals surface area contributed by atoms with E-state index in [1.54, 1.807) is 11.1 Å². The fraction of sp³-hybridized carbons (Fsp3) is 0.688.